The summed E-state index contributed by atoms with van der Waals surface area (Å²) >= 11 is 6.24. The van der Waals surface area contributed by atoms with Crippen LogP contribution in [0.3, 0.4) is 0 Å². The lowest BCUT2D eigenvalue weighted by Crippen LogP contribution is -2.53. The molecule has 1 unspecified atom stereocenters. The second-order valence-electron chi connectivity index (χ2n) is 7.19. The number of amides is 2. The number of carbonyl (C=O) groups excluding carboxylic acids is 2. The van der Waals surface area contributed by atoms with Gasteiger partial charge >= 0.3 is 0 Å². The highest BCUT2D eigenvalue weighted by molar-refractivity contribution is 6.32. The minimum Gasteiger partial charge on any atom is -0.459 e. The van der Waals surface area contributed by atoms with Crippen molar-refractivity contribution in [3.05, 3.63) is 47.5 Å². The van der Waals surface area contributed by atoms with Gasteiger partial charge in [-0.25, -0.2) is 4.98 Å². The van der Waals surface area contributed by atoms with E-state index in [9.17, 15) is 9.59 Å². The molecule has 2 amide bonds. The Balaban J connectivity index is 1.35. The zero-order valence-corrected chi connectivity index (χ0v) is 16.3. The highest BCUT2D eigenvalue weighted by Crippen LogP contribution is 2.25. The van der Waals surface area contributed by atoms with E-state index in [1.165, 1.54) is 6.26 Å². The number of hydrogen-bond acceptors (Lipinski definition) is 5. The van der Waals surface area contributed by atoms with Gasteiger partial charge in [0.25, 0.3) is 5.91 Å². The molecule has 0 radical (unpaired) electrons. The van der Waals surface area contributed by atoms with Gasteiger partial charge in [-0.15, -0.1) is 0 Å². The summed E-state index contributed by atoms with van der Waals surface area (Å²) in [5.74, 6) is 0.927. The molecule has 2 aromatic rings. The SMILES string of the molecule is O=C(c1ccco1)N1CCCC(C(=O)N2CCN(c3ncccc3Cl)CC2)C1. The zero-order valence-electron chi connectivity index (χ0n) is 15.6. The van der Waals surface area contributed by atoms with E-state index in [1.54, 1.807) is 23.2 Å². The van der Waals surface area contributed by atoms with Crippen LogP contribution >= 0.6 is 11.6 Å². The molecular formula is C20H23ClN4O3. The van der Waals surface area contributed by atoms with Crippen LogP contribution in [0.25, 0.3) is 0 Å². The number of halogens is 1. The molecule has 2 aliphatic rings. The van der Waals surface area contributed by atoms with Crippen molar-refractivity contribution < 1.29 is 14.0 Å². The Morgan fingerprint density at radius 3 is 2.61 bits per heavy atom. The first-order valence-electron chi connectivity index (χ1n) is 9.60. The number of hydrogen-bond donors (Lipinski definition) is 0. The van der Waals surface area contributed by atoms with Gasteiger partial charge < -0.3 is 19.1 Å². The molecule has 2 saturated heterocycles. The van der Waals surface area contributed by atoms with Crippen molar-refractivity contribution in [2.75, 3.05) is 44.2 Å². The van der Waals surface area contributed by atoms with E-state index in [-0.39, 0.29) is 17.7 Å². The second kappa shape index (κ2) is 8.22. The number of piperidine rings is 1. The average molecular weight is 403 g/mol. The van der Waals surface area contributed by atoms with Crippen LogP contribution in [0.5, 0.6) is 0 Å². The van der Waals surface area contributed by atoms with Crippen molar-refractivity contribution >= 4 is 29.2 Å². The van der Waals surface area contributed by atoms with Crippen molar-refractivity contribution in [1.82, 2.24) is 14.8 Å². The molecule has 28 heavy (non-hydrogen) atoms. The van der Waals surface area contributed by atoms with E-state index in [1.807, 2.05) is 17.0 Å². The number of piperazine rings is 1. The summed E-state index contributed by atoms with van der Waals surface area (Å²) in [5.41, 5.74) is 0. The Hall–Kier alpha value is -2.54. The number of likely N-dealkylation sites (tertiary alicyclic amines) is 1. The zero-order chi connectivity index (χ0) is 19.5. The van der Waals surface area contributed by atoms with E-state index in [0.29, 0.717) is 50.1 Å². The minimum absolute atomic E-state index is 0.128. The maximum atomic E-state index is 13.0. The summed E-state index contributed by atoms with van der Waals surface area (Å²) in [7, 11) is 0. The quantitative estimate of drug-likeness (QED) is 0.789. The monoisotopic (exact) mass is 402 g/mol. The second-order valence-corrected chi connectivity index (χ2v) is 7.60. The fourth-order valence-electron chi connectivity index (χ4n) is 3.93. The van der Waals surface area contributed by atoms with Gasteiger partial charge in [-0.05, 0) is 37.1 Å². The van der Waals surface area contributed by atoms with E-state index in [0.717, 1.165) is 18.7 Å². The predicted molar refractivity (Wildman–Crippen MR) is 105 cm³/mol. The first kappa shape index (κ1) is 18.8. The summed E-state index contributed by atoms with van der Waals surface area (Å²) < 4.78 is 5.22. The molecule has 8 heteroatoms. The van der Waals surface area contributed by atoms with Crippen LogP contribution in [0.4, 0.5) is 5.82 Å². The van der Waals surface area contributed by atoms with Gasteiger partial charge in [-0.3, -0.25) is 9.59 Å². The number of carbonyl (C=O) groups is 2. The highest BCUT2D eigenvalue weighted by atomic mass is 35.5. The summed E-state index contributed by atoms with van der Waals surface area (Å²) in [6, 6.07) is 7.00. The molecule has 7 nitrogen and oxygen atoms in total. The summed E-state index contributed by atoms with van der Waals surface area (Å²) in [5, 5.41) is 0.627. The van der Waals surface area contributed by atoms with Crippen LogP contribution in [0.15, 0.2) is 41.1 Å². The number of rotatable bonds is 3. The maximum absolute atomic E-state index is 13.0. The Bertz CT molecular complexity index is 834. The summed E-state index contributed by atoms with van der Waals surface area (Å²) in [6.07, 6.45) is 4.86. The Morgan fingerprint density at radius 2 is 1.89 bits per heavy atom. The molecule has 4 rings (SSSR count). The smallest absolute Gasteiger partial charge is 0.289 e. The molecule has 0 aliphatic carbocycles. The fraction of sp³-hybridized carbons (Fsp3) is 0.450. The number of pyridine rings is 1. The van der Waals surface area contributed by atoms with Gasteiger partial charge in [-0.2, -0.15) is 0 Å². The van der Waals surface area contributed by atoms with Crippen LogP contribution in [0, 0.1) is 5.92 Å². The molecule has 2 aromatic heterocycles. The van der Waals surface area contributed by atoms with Crippen molar-refractivity contribution in [3.8, 4) is 0 Å². The number of nitrogens with zero attached hydrogens (tertiary/aromatic N) is 4. The van der Waals surface area contributed by atoms with Gasteiger partial charge in [-0.1, -0.05) is 11.6 Å². The molecule has 0 N–H and O–H groups in total. The molecule has 0 spiro atoms. The highest BCUT2D eigenvalue weighted by Gasteiger charge is 2.33. The lowest BCUT2D eigenvalue weighted by molar-refractivity contribution is -0.137. The van der Waals surface area contributed by atoms with Crippen LogP contribution in [0.1, 0.15) is 23.4 Å². The topological polar surface area (TPSA) is 69.9 Å². The molecule has 1 atom stereocenters. The average Bonchev–Trinajstić information content (AvgIpc) is 3.28. The van der Waals surface area contributed by atoms with Crippen molar-refractivity contribution in [2.45, 2.75) is 12.8 Å². The van der Waals surface area contributed by atoms with Crippen LogP contribution in [-0.2, 0) is 4.79 Å². The predicted octanol–water partition coefficient (Wildman–Crippen LogP) is 2.53. The molecule has 0 saturated carbocycles. The van der Waals surface area contributed by atoms with Gasteiger partial charge in [0, 0.05) is 45.5 Å². The Morgan fingerprint density at radius 1 is 1.07 bits per heavy atom. The molecule has 4 heterocycles. The van der Waals surface area contributed by atoms with Gasteiger partial charge in [0.05, 0.1) is 17.2 Å². The fourth-order valence-corrected chi connectivity index (χ4v) is 4.17. The molecule has 0 aromatic carbocycles. The molecule has 2 fully saturated rings. The maximum Gasteiger partial charge on any atom is 0.289 e. The number of furan rings is 1. The summed E-state index contributed by atoms with van der Waals surface area (Å²) in [6.45, 7) is 3.77. The Kier molecular flexibility index (Phi) is 5.52. The van der Waals surface area contributed by atoms with Crippen molar-refractivity contribution in [3.63, 3.8) is 0 Å². The Labute approximate surface area is 168 Å². The van der Waals surface area contributed by atoms with E-state index >= 15 is 0 Å². The number of aromatic nitrogens is 1. The van der Waals surface area contributed by atoms with Crippen molar-refractivity contribution in [1.29, 1.82) is 0 Å². The van der Waals surface area contributed by atoms with E-state index < -0.39 is 0 Å². The summed E-state index contributed by atoms with van der Waals surface area (Å²) in [4.78, 5) is 35.6. The van der Waals surface area contributed by atoms with Crippen molar-refractivity contribution in [2.24, 2.45) is 5.92 Å². The first-order valence-corrected chi connectivity index (χ1v) is 9.98. The third kappa shape index (κ3) is 3.85. The molecule has 148 valence electrons. The molecule has 2 aliphatic heterocycles. The third-order valence-electron chi connectivity index (χ3n) is 5.42. The van der Waals surface area contributed by atoms with Crippen LogP contribution < -0.4 is 4.90 Å². The first-order chi connectivity index (χ1) is 13.6. The normalized spacial score (nSPS) is 20.3. The van der Waals surface area contributed by atoms with Crippen LogP contribution in [-0.4, -0.2) is 65.9 Å². The number of anilines is 1. The largest absolute Gasteiger partial charge is 0.459 e. The van der Waals surface area contributed by atoms with E-state index in [2.05, 4.69) is 9.88 Å². The molecular weight excluding hydrogens is 380 g/mol. The third-order valence-corrected chi connectivity index (χ3v) is 5.71. The lowest BCUT2D eigenvalue weighted by Gasteiger charge is -2.39. The minimum atomic E-state index is -0.155. The lowest BCUT2D eigenvalue weighted by atomic mass is 9.96. The van der Waals surface area contributed by atoms with E-state index in [4.69, 9.17) is 16.0 Å². The van der Waals surface area contributed by atoms with Crippen LogP contribution in [0.2, 0.25) is 5.02 Å². The molecule has 0 bridgehead atoms. The van der Waals surface area contributed by atoms with Gasteiger partial charge in [0.15, 0.2) is 5.76 Å². The standard InChI is InChI=1S/C20H23ClN4O3/c21-16-5-1-7-22-18(16)23-9-11-24(12-10-23)19(26)15-4-2-8-25(14-15)20(27)17-6-3-13-28-17/h1,3,5-7,13,15H,2,4,8-12,14H2. The van der Waals surface area contributed by atoms with Gasteiger partial charge in [0.1, 0.15) is 5.82 Å². The van der Waals surface area contributed by atoms with Gasteiger partial charge in [0.2, 0.25) is 5.91 Å².